The average molecular weight is 206 g/mol. The van der Waals surface area contributed by atoms with Gasteiger partial charge in [0.2, 0.25) is 0 Å². The number of rotatable bonds is 1. The molecule has 1 aliphatic rings. The summed E-state index contributed by atoms with van der Waals surface area (Å²) in [7, 11) is 0. The molecule has 1 aromatic rings. The van der Waals surface area contributed by atoms with Crippen LogP contribution in [0.5, 0.6) is 0 Å². The fourth-order valence-electron chi connectivity index (χ4n) is 1.30. The van der Waals surface area contributed by atoms with Gasteiger partial charge in [-0.3, -0.25) is 0 Å². The topological polar surface area (TPSA) is 12.0 Å². The van der Waals surface area contributed by atoms with Crippen molar-refractivity contribution < 1.29 is 8.78 Å². The monoisotopic (exact) mass is 205 g/mol. The first-order valence-electron chi connectivity index (χ1n) is 3.86. The van der Waals surface area contributed by atoms with E-state index >= 15 is 0 Å². The van der Waals surface area contributed by atoms with Crippen molar-refractivity contribution in [2.75, 3.05) is 13.1 Å². The molecular formula is C9H10ClF2N. The van der Waals surface area contributed by atoms with Gasteiger partial charge in [0, 0.05) is 13.1 Å². The second-order valence-electron chi connectivity index (χ2n) is 3.08. The predicted octanol–water partition coefficient (Wildman–Crippen LogP) is 2.02. The largest absolute Gasteiger partial charge is 0.310 e. The minimum absolute atomic E-state index is 0. The third-order valence-corrected chi connectivity index (χ3v) is 2.17. The molecular weight excluding hydrogens is 196 g/mol. The first-order valence-corrected chi connectivity index (χ1v) is 3.86. The molecule has 1 aliphatic heterocycles. The highest BCUT2D eigenvalue weighted by Crippen LogP contribution is 2.29. The zero-order valence-corrected chi connectivity index (χ0v) is 7.70. The Morgan fingerprint density at radius 1 is 1.15 bits per heavy atom. The molecule has 0 aromatic heterocycles. The molecule has 0 bridgehead atoms. The molecule has 4 heteroatoms. The van der Waals surface area contributed by atoms with Gasteiger partial charge in [0.25, 0.3) is 0 Å². The lowest BCUT2D eigenvalue weighted by Crippen LogP contribution is -2.53. The predicted molar refractivity (Wildman–Crippen MR) is 49.3 cm³/mol. The van der Waals surface area contributed by atoms with Crippen LogP contribution in [-0.2, 0) is 5.67 Å². The molecule has 0 saturated carbocycles. The molecule has 0 amide bonds. The van der Waals surface area contributed by atoms with E-state index in [0.717, 1.165) is 0 Å². The maximum absolute atomic E-state index is 13.6. The van der Waals surface area contributed by atoms with E-state index in [9.17, 15) is 8.78 Å². The van der Waals surface area contributed by atoms with Crippen LogP contribution in [0.15, 0.2) is 24.3 Å². The standard InChI is InChI=1S/C9H9F2N.ClH/c10-8-3-1-7(2-4-8)9(11)5-12-6-9;/h1-4,12H,5-6H2;1H. The molecule has 13 heavy (non-hydrogen) atoms. The minimum atomic E-state index is -1.27. The van der Waals surface area contributed by atoms with Crippen LogP contribution < -0.4 is 5.32 Å². The fourth-order valence-corrected chi connectivity index (χ4v) is 1.30. The molecule has 1 fully saturated rings. The Morgan fingerprint density at radius 3 is 2.08 bits per heavy atom. The van der Waals surface area contributed by atoms with E-state index in [1.807, 2.05) is 0 Å². The summed E-state index contributed by atoms with van der Waals surface area (Å²) in [5.74, 6) is -0.324. The van der Waals surface area contributed by atoms with Crippen molar-refractivity contribution in [2.45, 2.75) is 5.67 Å². The van der Waals surface area contributed by atoms with Crippen molar-refractivity contribution >= 4 is 12.4 Å². The summed E-state index contributed by atoms with van der Waals surface area (Å²) in [5.41, 5.74) is -0.712. The van der Waals surface area contributed by atoms with Crippen LogP contribution in [-0.4, -0.2) is 13.1 Å². The number of halogens is 3. The SMILES string of the molecule is Cl.Fc1ccc(C2(F)CNC2)cc1. The Bertz CT molecular complexity index is 282. The zero-order valence-electron chi connectivity index (χ0n) is 6.89. The Morgan fingerprint density at radius 2 is 1.69 bits per heavy atom. The van der Waals surface area contributed by atoms with Gasteiger partial charge in [0.1, 0.15) is 5.82 Å². The fraction of sp³-hybridized carbons (Fsp3) is 0.333. The number of nitrogens with one attached hydrogen (secondary N) is 1. The van der Waals surface area contributed by atoms with E-state index in [1.54, 1.807) is 0 Å². The van der Waals surface area contributed by atoms with Gasteiger partial charge in [-0.25, -0.2) is 8.78 Å². The highest BCUT2D eigenvalue weighted by molar-refractivity contribution is 5.85. The Balaban J connectivity index is 0.000000845. The summed E-state index contributed by atoms with van der Waals surface area (Å²) in [6.07, 6.45) is 0. The van der Waals surface area contributed by atoms with Gasteiger partial charge in [-0.1, -0.05) is 12.1 Å². The van der Waals surface area contributed by atoms with Crippen molar-refractivity contribution in [3.63, 3.8) is 0 Å². The summed E-state index contributed by atoms with van der Waals surface area (Å²) in [6.45, 7) is 0.664. The molecule has 0 atom stereocenters. The van der Waals surface area contributed by atoms with E-state index in [1.165, 1.54) is 24.3 Å². The van der Waals surface area contributed by atoms with Crippen LogP contribution in [0.1, 0.15) is 5.56 Å². The quantitative estimate of drug-likeness (QED) is 0.740. The van der Waals surface area contributed by atoms with Crippen molar-refractivity contribution in [3.8, 4) is 0 Å². The maximum atomic E-state index is 13.6. The van der Waals surface area contributed by atoms with Crippen molar-refractivity contribution in [1.82, 2.24) is 5.32 Å². The third-order valence-electron chi connectivity index (χ3n) is 2.17. The molecule has 1 N–H and O–H groups in total. The van der Waals surface area contributed by atoms with Gasteiger partial charge >= 0.3 is 0 Å². The Hall–Kier alpha value is -0.670. The van der Waals surface area contributed by atoms with Gasteiger partial charge < -0.3 is 5.32 Å². The number of hydrogen-bond acceptors (Lipinski definition) is 1. The molecule has 1 nitrogen and oxygen atoms in total. The van der Waals surface area contributed by atoms with Crippen LogP contribution in [0.2, 0.25) is 0 Å². The molecule has 1 aromatic carbocycles. The first-order chi connectivity index (χ1) is 5.71. The summed E-state index contributed by atoms with van der Waals surface area (Å²) in [4.78, 5) is 0. The van der Waals surface area contributed by atoms with Crippen molar-refractivity contribution in [2.24, 2.45) is 0 Å². The van der Waals surface area contributed by atoms with Gasteiger partial charge in [0.05, 0.1) is 0 Å². The van der Waals surface area contributed by atoms with Gasteiger partial charge in [0.15, 0.2) is 5.67 Å². The van der Waals surface area contributed by atoms with Crippen molar-refractivity contribution in [3.05, 3.63) is 35.6 Å². The van der Waals surface area contributed by atoms with Crippen LogP contribution in [0.3, 0.4) is 0 Å². The molecule has 72 valence electrons. The summed E-state index contributed by atoms with van der Waals surface area (Å²) in [6, 6.07) is 5.57. The maximum Gasteiger partial charge on any atom is 0.160 e. The zero-order chi connectivity index (χ0) is 8.60. The molecule has 1 heterocycles. The van der Waals surface area contributed by atoms with Crippen molar-refractivity contribution in [1.29, 1.82) is 0 Å². The molecule has 0 aliphatic carbocycles. The lowest BCUT2D eigenvalue weighted by molar-refractivity contribution is 0.0891. The van der Waals surface area contributed by atoms with E-state index in [2.05, 4.69) is 5.32 Å². The van der Waals surface area contributed by atoms with Gasteiger partial charge in [-0.2, -0.15) is 0 Å². The smallest absolute Gasteiger partial charge is 0.160 e. The summed E-state index contributed by atoms with van der Waals surface area (Å²) in [5, 5.41) is 2.85. The molecule has 1 saturated heterocycles. The second-order valence-corrected chi connectivity index (χ2v) is 3.08. The van der Waals surface area contributed by atoms with E-state index in [0.29, 0.717) is 18.7 Å². The minimum Gasteiger partial charge on any atom is -0.310 e. The van der Waals surface area contributed by atoms with Crippen LogP contribution in [0, 0.1) is 5.82 Å². The van der Waals surface area contributed by atoms with Gasteiger partial charge in [-0.15, -0.1) is 12.4 Å². The average Bonchev–Trinajstić information content (AvgIpc) is 2.02. The van der Waals surface area contributed by atoms with E-state index in [4.69, 9.17) is 0 Å². The highest BCUT2D eigenvalue weighted by Gasteiger charge is 2.38. The second kappa shape index (κ2) is 3.60. The third kappa shape index (κ3) is 1.81. The molecule has 0 unspecified atom stereocenters. The molecule has 2 rings (SSSR count). The van der Waals surface area contributed by atoms with E-state index < -0.39 is 5.67 Å². The summed E-state index contributed by atoms with van der Waals surface area (Å²) < 4.78 is 26.0. The number of alkyl halides is 1. The van der Waals surface area contributed by atoms with Crippen LogP contribution >= 0.6 is 12.4 Å². The lowest BCUT2D eigenvalue weighted by Gasteiger charge is -2.35. The first kappa shape index (κ1) is 10.4. The summed E-state index contributed by atoms with van der Waals surface area (Å²) >= 11 is 0. The number of hydrogen-bond donors (Lipinski definition) is 1. The highest BCUT2D eigenvalue weighted by atomic mass is 35.5. The normalized spacial score (nSPS) is 18.6. The molecule has 0 spiro atoms. The number of benzene rings is 1. The van der Waals surface area contributed by atoms with Crippen LogP contribution in [0.4, 0.5) is 8.78 Å². The van der Waals surface area contributed by atoms with E-state index in [-0.39, 0.29) is 18.2 Å². The molecule has 0 radical (unpaired) electrons. The Kier molecular flexibility index (Phi) is 2.88. The lowest BCUT2D eigenvalue weighted by atomic mass is 9.90. The van der Waals surface area contributed by atoms with Crippen LogP contribution in [0.25, 0.3) is 0 Å². The van der Waals surface area contributed by atoms with Gasteiger partial charge in [-0.05, 0) is 17.7 Å². The Labute approximate surface area is 81.6 Å².